The van der Waals surface area contributed by atoms with Crippen LogP contribution in [0.15, 0.2) is 60.0 Å². The summed E-state index contributed by atoms with van der Waals surface area (Å²) < 4.78 is 5.15. The minimum Gasteiger partial charge on any atom is -0.497 e. The summed E-state index contributed by atoms with van der Waals surface area (Å²) in [5.74, 6) is 0.371. The fourth-order valence-corrected chi connectivity index (χ4v) is 3.56. The molecule has 1 heterocycles. The van der Waals surface area contributed by atoms with Crippen molar-refractivity contribution in [3.05, 3.63) is 76.3 Å². The summed E-state index contributed by atoms with van der Waals surface area (Å²) >= 11 is 7.24. The van der Waals surface area contributed by atoms with Crippen molar-refractivity contribution in [1.29, 1.82) is 0 Å². The van der Waals surface area contributed by atoms with Crippen LogP contribution in [0.2, 0.25) is 5.02 Å². The lowest BCUT2D eigenvalue weighted by Gasteiger charge is -2.18. The van der Waals surface area contributed by atoms with Crippen LogP contribution in [-0.4, -0.2) is 23.8 Å². The van der Waals surface area contributed by atoms with Gasteiger partial charge in [-0.25, -0.2) is 4.98 Å². The Labute approximate surface area is 171 Å². The van der Waals surface area contributed by atoms with E-state index in [2.05, 4.69) is 4.98 Å². The summed E-state index contributed by atoms with van der Waals surface area (Å²) in [5, 5.41) is 2.82. The molecule has 0 saturated carbocycles. The third-order valence-electron chi connectivity index (χ3n) is 3.86. The van der Waals surface area contributed by atoms with Gasteiger partial charge >= 0.3 is 0 Å². The predicted molar refractivity (Wildman–Crippen MR) is 113 cm³/mol. The fraction of sp³-hybridized carbons (Fsp3) is 0.0952. The van der Waals surface area contributed by atoms with Crippen molar-refractivity contribution in [2.45, 2.75) is 6.92 Å². The molecule has 0 spiro atoms. The molecular formula is C21H17ClN2O3S. The van der Waals surface area contributed by atoms with Crippen molar-refractivity contribution >= 4 is 51.5 Å². The molecule has 1 amide bonds. The number of anilines is 2. The first-order valence-corrected chi connectivity index (χ1v) is 9.62. The summed E-state index contributed by atoms with van der Waals surface area (Å²) in [5.41, 5.74) is 1.78. The monoisotopic (exact) mass is 412 g/mol. The highest BCUT2D eigenvalue weighted by molar-refractivity contribution is 7.14. The maximum atomic E-state index is 12.3. The van der Waals surface area contributed by atoms with Crippen LogP contribution in [-0.2, 0) is 4.79 Å². The Morgan fingerprint density at radius 1 is 1.18 bits per heavy atom. The van der Waals surface area contributed by atoms with E-state index in [9.17, 15) is 9.59 Å². The Morgan fingerprint density at radius 2 is 1.93 bits per heavy atom. The van der Waals surface area contributed by atoms with Crippen molar-refractivity contribution in [2.75, 3.05) is 12.0 Å². The number of nitrogens with zero attached hydrogens (tertiary/aromatic N) is 2. The second-order valence-corrected chi connectivity index (χ2v) is 7.09. The molecule has 0 bridgehead atoms. The van der Waals surface area contributed by atoms with Crippen LogP contribution in [0.1, 0.15) is 23.0 Å². The van der Waals surface area contributed by atoms with Gasteiger partial charge in [0.05, 0.1) is 18.5 Å². The molecule has 3 rings (SSSR count). The summed E-state index contributed by atoms with van der Waals surface area (Å²) in [7, 11) is 1.59. The zero-order chi connectivity index (χ0) is 20.1. The number of benzene rings is 2. The maximum absolute atomic E-state index is 12.3. The molecule has 0 N–H and O–H groups in total. The van der Waals surface area contributed by atoms with Gasteiger partial charge in [0.2, 0.25) is 5.91 Å². The van der Waals surface area contributed by atoms with Crippen molar-refractivity contribution in [2.24, 2.45) is 0 Å². The lowest BCUT2D eigenvalue weighted by atomic mass is 10.1. The summed E-state index contributed by atoms with van der Waals surface area (Å²) in [6.45, 7) is 1.48. The number of allylic oxidation sites excluding steroid dienone is 1. The van der Waals surface area contributed by atoms with E-state index in [1.807, 2.05) is 0 Å². The fourth-order valence-electron chi connectivity index (χ4n) is 2.51. The second kappa shape index (κ2) is 8.82. The lowest BCUT2D eigenvalue weighted by molar-refractivity contribution is -0.115. The van der Waals surface area contributed by atoms with Gasteiger partial charge < -0.3 is 4.74 Å². The average molecular weight is 413 g/mol. The number of carbonyl (C=O) groups is 2. The third kappa shape index (κ3) is 4.65. The van der Waals surface area contributed by atoms with E-state index in [-0.39, 0.29) is 11.7 Å². The lowest BCUT2D eigenvalue weighted by Crippen LogP contribution is -2.22. The standard InChI is InChI=1S/C21H17ClN2O3S/c1-14(25)24(18-7-9-19(27-2)10-8-18)21-23-17(13-28-21)6-11-20(26)15-4-3-5-16(22)12-15/h3-13H,1-2H3/b11-6+. The Kier molecular flexibility index (Phi) is 6.23. The van der Waals surface area contributed by atoms with Gasteiger partial charge in [-0.15, -0.1) is 11.3 Å². The van der Waals surface area contributed by atoms with E-state index in [0.717, 1.165) is 0 Å². The third-order valence-corrected chi connectivity index (χ3v) is 4.94. The van der Waals surface area contributed by atoms with E-state index in [0.29, 0.717) is 32.8 Å². The van der Waals surface area contributed by atoms with Crippen molar-refractivity contribution in [1.82, 2.24) is 4.98 Å². The molecule has 0 unspecified atom stereocenters. The van der Waals surface area contributed by atoms with Crippen LogP contribution in [0.5, 0.6) is 5.75 Å². The number of ether oxygens (including phenoxy) is 1. The number of aromatic nitrogens is 1. The Bertz CT molecular complexity index is 1030. The predicted octanol–water partition coefficient (Wildman–Crippen LogP) is 5.39. The molecule has 5 nitrogen and oxygen atoms in total. The van der Waals surface area contributed by atoms with Crippen LogP contribution in [0, 0.1) is 0 Å². The molecule has 0 saturated heterocycles. The van der Waals surface area contributed by atoms with Gasteiger partial charge in [0, 0.05) is 22.9 Å². The summed E-state index contributed by atoms with van der Waals surface area (Å²) in [6.07, 6.45) is 3.06. The first-order chi connectivity index (χ1) is 13.5. The van der Waals surface area contributed by atoms with Crippen LogP contribution in [0.25, 0.3) is 6.08 Å². The highest BCUT2D eigenvalue weighted by Gasteiger charge is 2.17. The second-order valence-electron chi connectivity index (χ2n) is 5.82. The Hall–Kier alpha value is -2.96. The van der Waals surface area contributed by atoms with E-state index in [1.54, 1.807) is 67.1 Å². The first-order valence-electron chi connectivity index (χ1n) is 8.36. The molecule has 0 aliphatic rings. The molecule has 1 aromatic heterocycles. The van der Waals surface area contributed by atoms with Gasteiger partial charge in [-0.3, -0.25) is 14.5 Å². The van der Waals surface area contributed by atoms with Crippen molar-refractivity contribution in [3.63, 3.8) is 0 Å². The largest absolute Gasteiger partial charge is 0.497 e. The molecule has 0 aliphatic heterocycles. The number of amides is 1. The van der Waals surface area contributed by atoms with E-state index >= 15 is 0 Å². The van der Waals surface area contributed by atoms with Crippen LogP contribution in [0.4, 0.5) is 10.8 Å². The normalized spacial score (nSPS) is 10.8. The first kappa shape index (κ1) is 19.8. The Morgan fingerprint density at radius 3 is 2.57 bits per heavy atom. The van der Waals surface area contributed by atoms with Gasteiger partial charge in [0.1, 0.15) is 5.75 Å². The zero-order valence-electron chi connectivity index (χ0n) is 15.3. The van der Waals surface area contributed by atoms with E-state index < -0.39 is 0 Å². The number of methoxy groups -OCH3 is 1. The van der Waals surface area contributed by atoms with Gasteiger partial charge in [0.15, 0.2) is 10.9 Å². The topological polar surface area (TPSA) is 59.5 Å². The molecule has 7 heteroatoms. The molecule has 142 valence electrons. The van der Waals surface area contributed by atoms with Crippen molar-refractivity contribution in [3.8, 4) is 5.75 Å². The summed E-state index contributed by atoms with van der Waals surface area (Å²) in [4.78, 5) is 30.4. The zero-order valence-corrected chi connectivity index (χ0v) is 16.8. The number of thiazole rings is 1. The quantitative estimate of drug-likeness (QED) is 0.402. The molecule has 0 atom stereocenters. The average Bonchev–Trinajstić information content (AvgIpc) is 3.15. The van der Waals surface area contributed by atoms with E-state index in [4.69, 9.17) is 16.3 Å². The van der Waals surface area contributed by atoms with E-state index in [1.165, 1.54) is 29.2 Å². The van der Waals surface area contributed by atoms with Gasteiger partial charge in [-0.1, -0.05) is 23.7 Å². The maximum Gasteiger partial charge on any atom is 0.230 e. The molecule has 3 aromatic rings. The Balaban J connectivity index is 1.80. The smallest absolute Gasteiger partial charge is 0.230 e. The number of hydrogen-bond donors (Lipinski definition) is 0. The van der Waals surface area contributed by atoms with Crippen LogP contribution in [0.3, 0.4) is 0 Å². The SMILES string of the molecule is COc1ccc(N(C(C)=O)c2nc(/C=C/C(=O)c3cccc(Cl)c3)cs2)cc1. The highest BCUT2D eigenvalue weighted by Crippen LogP contribution is 2.30. The minimum atomic E-state index is -0.171. The molecular weight excluding hydrogens is 396 g/mol. The number of hydrogen-bond acceptors (Lipinski definition) is 5. The van der Waals surface area contributed by atoms with Crippen LogP contribution >= 0.6 is 22.9 Å². The number of halogens is 1. The van der Waals surface area contributed by atoms with Gasteiger partial charge in [-0.2, -0.15) is 0 Å². The highest BCUT2D eigenvalue weighted by atomic mass is 35.5. The molecule has 0 fully saturated rings. The van der Waals surface area contributed by atoms with Crippen molar-refractivity contribution < 1.29 is 14.3 Å². The molecule has 2 aromatic carbocycles. The van der Waals surface area contributed by atoms with Crippen LogP contribution < -0.4 is 9.64 Å². The minimum absolute atomic E-state index is 0.162. The number of rotatable bonds is 6. The van der Waals surface area contributed by atoms with Gasteiger partial charge in [-0.05, 0) is 48.6 Å². The summed E-state index contributed by atoms with van der Waals surface area (Å²) in [6, 6.07) is 13.9. The number of ketones is 1. The number of carbonyl (C=O) groups excluding carboxylic acids is 2. The molecule has 28 heavy (non-hydrogen) atoms. The van der Waals surface area contributed by atoms with Gasteiger partial charge in [0.25, 0.3) is 0 Å². The molecule has 0 aliphatic carbocycles. The molecule has 0 radical (unpaired) electrons.